The van der Waals surface area contributed by atoms with E-state index in [4.69, 9.17) is 23.8 Å². The lowest BCUT2D eigenvalue weighted by Gasteiger charge is -2.12. The van der Waals surface area contributed by atoms with Crippen molar-refractivity contribution in [3.05, 3.63) is 32.6 Å². The Hall–Kier alpha value is -1.46. The van der Waals surface area contributed by atoms with Crippen LogP contribution in [-0.2, 0) is 13.6 Å². The lowest BCUT2D eigenvalue weighted by molar-refractivity contribution is 0.100. The average Bonchev–Trinajstić information content (AvgIpc) is 2.73. The van der Waals surface area contributed by atoms with Crippen LogP contribution in [0.3, 0.4) is 0 Å². The first-order valence-electron chi connectivity index (χ1n) is 6.74. The molecular weight excluding hydrogens is 306 g/mol. The Kier molecular flexibility index (Phi) is 4.35. The Balaban J connectivity index is 2.84. The number of pyridine rings is 1. The number of rotatable bonds is 3. The van der Waals surface area contributed by atoms with Gasteiger partial charge in [0.25, 0.3) is 0 Å². The van der Waals surface area contributed by atoms with Crippen LogP contribution < -0.4 is 0 Å². The third-order valence-corrected chi connectivity index (χ3v) is 4.49. The lowest BCUT2D eigenvalue weighted by atomic mass is 10.1. The Morgan fingerprint density at radius 2 is 2.00 bits per heavy atom. The SMILES string of the molecule is CCn1nc(-c2c(C)cc(C)c(=S)n2C)c(Cl)c1C(C)=O. The normalized spacial score (nSPS) is 11.0. The third kappa shape index (κ3) is 2.56. The predicted octanol–water partition coefficient (Wildman–Crippen LogP) is 4.11. The summed E-state index contributed by atoms with van der Waals surface area (Å²) in [7, 11) is 1.90. The van der Waals surface area contributed by atoms with Gasteiger partial charge in [-0.2, -0.15) is 5.10 Å². The van der Waals surface area contributed by atoms with Gasteiger partial charge in [0.05, 0.1) is 10.7 Å². The van der Waals surface area contributed by atoms with Gasteiger partial charge in [0.2, 0.25) is 0 Å². The van der Waals surface area contributed by atoms with E-state index < -0.39 is 0 Å². The molecule has 0 unspecified atom stereocenters. The summed E-state index contributed by atoms with van der Waals surface area (Å²) < 4.78 is 4.28. The van der Waals surface area contributed by atoms with Gasteiger partial charge in [-0.3, -0.25) is 9.48 Å². The summed E-state index contributed by atoms with van der Waals surface area (Å²) in [6.45, 7) is 7.99. The first-order valence-corrected chi connectivity index (χ1v) is 7.53. The number of ketones is 1. The summed E-state index contributed by atoms with van der Waals surface area (Å²) in [5.74, 6) is -0.0911. The van der Waals surface area contributed by atoms with E-state index in [1.807, 2.05) is 38.5 Å². The van der Waals surface area contributed by atoms with E-state index in [-0.39, 0.29) is 5.78 Å². The molecule has 0 saturated heterocycles. The zero-order valence-electron chi connectivity index (χ0n) is 12.8. The Morgan fingerprint density at radius 3 is 2.48 bits per heavy atom. The summed E-state index contributed by atoms with van der Waals surface area (Å²) in [5.41, 5.74) is 3.97. The quantitative estimate of drug-likeness (QED) is 0.630. The van der Waals surface area contributed by atoms with Crippen molar-refractivity contribution in [1.29, 1.82) is 0 Å². The molecular formula is C15H18ClN3OS. The number of carbonyl (C=O) groups excluding carboxylic acids is 1. The number of hydrogen-bond donors (Lipinski definition) is 0. The van der Waals surface area contributed by atoms with Crippen LogP contribution in [0.4, 0.5) is 0 Å². The van der Waals surface area contributed by atoms with E-state index in [1.165, 1.54) is 6.92 Å². The van der Waals surface area contributed by atoms with Crippen molar-refractivity contribution >= 4 is 29.6 Å². The van der Waals surface area contributed by atoms with Gasteiger partial charge in [0, 0.05) is 20.5 Å². The van der Waals surface area contributed by atoms with Gasteiger partial charge in [-0.25, -0.2) is 0 Å². The molecule has 0 aromatic carbocycles. The molecule has 21 heavy (non-hydrogen) atoms. The zero-order chi connectivity index (χ0) is 15.9. The van der Waals surface area contributed by atoms with E-state index >= 15 is 0 Å². The fourth-order valence-electron chi connectivity index (χ4n) is 2.59. The molecule has 0 atom stereocenters. The third-order valence-electron chi connectivity index (χ3n) is 3.54. The highest BCUT2D eigenvalue weighted by molar-refractivity contribution is 7.71. The second kappa shape index (κ2) is 5.73. The van der Waals surface area contributed by atoms with Crippen molar-refractivity contribution in [1.82, 2.24) is 14.3 Å². The summed E-state index contributed by atoms with van der Waals surface area (Å²) >= 11 is 11.8. The van der Waals surface area contributed by atoms with Crippen molar-refractivity contribution in [2.24, 2.45) is 7.05 Å². The first kappa shape index (κ1) is 15.9. The molecule has 0 fully saturated rings. The Bertz CT molecular complexity index is 789. The van der Waals surface area contributed by atoms with E-state index in [0.29, 0.717) is 23.0 Å². The van der Waals surface area contributed by atoms with E-state index in [9.17, 15) is 4.79 Å². The number of carbonyl (C=O) groups is 1. The molecule has 2 heterocycles. The number of hydrogen-bond acceptors (Lipinski definition) is 3. The molecule has 0 N–H and O–H groups in total. The Morgan fingerprint density at radius 1 is 1.38 bits per heavy atom. The van der Waals surface area contributed by atoms with E-state index in [2.05, 4.69) is 5.10 Å². The fourth-order valence-corrected chi connectivity index (χ4v) is 3.10. The molecule has 0 saturated carbocycles. The van der Waals surface area contributed by atoms with Gasteiger partial charge >= 0.3 is 0 Å². The molecule has 0 aliphatic heterocycles. The zero-order valence-corrected chi connectivity index (χ0v) is 14.4. The smallest absolute Gasteiger partial charge is 0.179 e. The maximum absolute atomic E-state index is 11.8. The molecule has 6 heteroatoms. The number of halogens is 1. The van der Waals surface area contributed by atoms with Crippen molar-refractivity contribution in [3.63, 3.8) is 0 Å². The molecule has 0 aliphatic rings. The summed E-state index contributed by atoms with van der Waals surface area (Å²) in [6, 6.07) is 2.02. The molecule has 0 amide bonds. The van der Waals surface area contributed by atoms with Crippen LogP contribution in [0.5, 0.6) is 0 Å². The van der Waals surface area contributed by atoms with E-state index in [0.717, 1.165) is 21.5 Å². The summed E-state index contributed by atoms with van der Waals surface area (Å²) in [6.07, 6.45) is 0. The molecule has 2 aromatic heterocycles. The number of nitrogens with zero attached hydrogens (tertiary/aromatic N) is 3. The van der Waals surface area contributed by atoms with Gasteiger partial charge in [-0.05, 0) is 31.9 Å². The predicted molar refractivity (Wildman–Crippen MR) is 87.6 cm³/mol. The summed E-state index contributed by atoms with van der Waals surface area (Å²) in [4.78, 5) is 11.8. The van der Waals surface area contributed by atoms with Crippen LogP contribution in [-0.4, -0.2) is 20.1 Å². The standard InChI is InChI=1S/C15H18ClN3OS/c1-6-19-14(10(4)20)11(16)12(17-19)13-8(2)7-9(3)15(21)18(13)5/h7H,6H2,1-5H3. The molecule has 0 bridgehead atoms. The van der Waals surface area contributed by atoms with Crippen LogP contribution in [0.15, 0.2) is 6.07 Å². The molecule has 0 spiro atoms. The number of aryl methyl sites for hydroxylation is 3. The van der Waals surface area contributed by atoms with Gasteiger partial charge in [0.15, 0.2) is 5.78 Å². The minimum absolute atomic E-state index is 0.0911. The van der Waals surface area contributed by atoms with Gasteiger partial charge in [-0.15, -0.1) is 0 Å². The van der Waals surface area contributed by atoms with E-state index in [1.54, 1.807) is 4.68 Å². The Labute approximate surface area is 134 Å². The molecule has 0 aliphatic carbocycles. The van der Waals surface area contributed by atoms with Crippen molar-refractivity contribution in [3.8, 4) is 11.4 Å². The highest BCUT2D eigenvalue weighted by Gasteiger charge is 2.22. The monoisotopic (exact) mass is 323 g/mol. The van der Waals surface area contributed by atoms with Crippen molar-refractivity contribution < 1.29 is 4.79 Å². The van der Waals surface area contributed by atoms with Gasteiger partial charge in [0.1, 0.15) is 16.0 Å². The fraction of sp³-hybridized carbons (Fsp3) is 0.400. The highest BCUT2D eigenvalue weighted by Crippen LogP contribution is 2.32. The molecule has 0 radical (unpaired) electrons. The summed E-state index contributed by atoms with van der Waals surface area (Å²) in [5, 5.41) is 4.90. The van der Waals surface area contributed by atoms with Crippen LogP contribution in [0.25, 0.3) is 11.4 Å². The van der Waals surface area contributed by atoms with Gasteiger partial charge in [-0.1, -0.05) is 29.9 Å². The van der Waals surface area contributed by atoms with Crippen LogP contribution in [0, 0.1) is 18.5 Å². The second-order valence-corrected chi connectivity index (χ2v) is 5.87. The van der Waals surface area contributed by atoms with Crippen molar-refractivity contribution in [2.75, 3.05) is 0 Å². The minimum Gasteiger partial charge on any atom is -0.333 e. The highest BCUT2D eigenvalue weighted by atomic mass is 35.5. The largest absolute Gasteiger partial charge is 0.333 e. The number of Topliss-reactive ketones (excluding diaryl/α,β-unsaturated/α-hetero) is 1. The maximum atomic E-state index is 11.8. The maximum Gasteiger partial charge on any atom is 0.179 e. The van der Waals surface area contributed by atoms with Gasteiger partial charge < -0.3 is 4.57 Å². The molecule has 112 valence electrons. The number of aromatic nitrogens is 3. The lowest BCUT2D eigenvalue weighted by Crippen LogP contribution is -2.07. The van der Waals surface area contributed by atoms with Crippen LogP contribution >= 0.6 is 23.8 Å². The molecule has 2 rings (SSSR count). The topological polar surface area (TPSA) is 39.8 Å². The van der Waals surface area contributed by atoms with Crippen LogP contribution in [0.2, 0.25) is 5.02 Å². The minimum atomic E-state index is -0.0911. The molecule has 2 aromatic rings. The average molecular weight is 324 g/mol. The molecule has 4 nitrogen and oxygen atoms in total. The van der Waals surface area contributed by atoms with Crippen molar-refractivity contribution in [2.45, 2.75) is 34.2 Å². The van der Waals surface area contributed by atoms with Crippen LogP contribution in [0.1, 0.15) is 35.5 Å². The first-order chi connectivity index (χ1) is 9.79. The second-order valence-electron chi connectivity index (χ2n) is 5.11.